The van der Waals surface area contributed by atoms with Gasteiger partial charge in [0.2, 0.25) is 0 Å². The van der Waals surface area contributed by atoms with Crippen molar-refractivity contribution in [2.24, 2.45) is 4.99 Å². The molecule has 0 aromatic carbocycles. The van der Waals surface area contributed by atoms with E-state index < -0.39 is 0 Å². The zero-order valence-corrected chi connectivity index (χ0v) is 19.6. The zero-order valence-electron chi connectivity index (χ0n) is 17.2. The predicted molar refractivity (Wildman–Crippen MR) is 121 cm³/mol. The van der Waals surface area contributed by atoms with E-state index in [2.05, 4.69) is 56.1 Å². The first kappa shape index (κ1) is 22.4. The van der Waals surface area contributed by atoms with E-state index in [0.717, 1.165) is 50.1 Å². The first-order chi connectivity index (χ1) is 12.6. The number of halogens is 1. The SMILES string of the molecule is CCN1CCCCC1CNC(=NC)NC1CCc2nnc(C(C)C)n2C1.I. The largest absolute Gasteiger partial charge is 0.355 e. The van der Waals surface area contributed by atoms with Crippen molar-refractivity contribution in [2.75, 3.05) is 26.7 Å². The lowest BCUT2D eigenvalue weighted by Crippen LogP contribution is -2.52. The maximum Gasteiger partial charge on any atom is 0.191 e. The molecule has 0 amide bonds. The summed E-state index contributed by atoms with van der Waals surface area (Å²) >= 11 is 0. The summed E-state index contributed by atoms with van der Waals surface area (Å²) in [5.74, 6) is 3.53. The van der Waals surface area contributed by atoms with Gasteiger partial charge in [0.25, 0.3) is 0 Å². The van der Waals surface area contributed by atoms with Gasteiger partial charge in [-0.2, -0.15) is 0 Å². The van der Waals surface area contributed by atoms with E-state index in [1.807, 2.05) is 7.05 Å². The highest BCUT2D eigenvalue weighted by atomic mass is 127. The third kappa shape index (κ3) is 5.56. The van der Waals surface area contributed by atoms with Gasteiger partial charge in [0.05, 0.1) is 0 Å². The maximum absolute atomic E-state index is 4.45. The molecular weight excluding hydrogens is 453 g/mol. The molecule has 1 aromatic rings. The molecule has 0 spiro atoms. The molecular formula is C19H36IN7. The smallest absolute Gasteiger partial charge is 0.191 e. The van der Waals surface area contributed by atoms with Crippen molar-refractivity contribution in [2.45, 2.75) is 77.4 Å². The normalized spacial score (nSPS) is 23.7. The van der Waals surface area contributed by atoms with Crippen LogP contribution in [0.3, 0.4) is 0 Å². The van der Waals surface area contributed by atoms with E-state index in [-0.39, 0.29) is 24.0 Å². The van der Waals surface area contributed by atoms with Crippen molar-refractivity contribution in [1.82, 2.24) is 30.3 Å². The second-order valence-corrected chi connectivity index (χ2v) is 7.85. The molecule has 3 rings (SSSR count). The van der Waals surface area contributed by atoms with Crippen molar-refractivity contribution in [3.63, 3.8) is 0 Å². The second-order valence-electron chi connectivity index (χ2n) is 7.85. The van der Waals surface area contributed by atoms with Crippen molar-refractivity contribution in [3.8, 4) is 0 Å². The molecule has 0 radical (unpaired) electrons. The highest BCUT2D eigenvalue weighted by Crippen LogP contribution is 2.20. The molecule has 2 unspecified atom stereocenters. The predicted octanol–water partition coefficient (Wildman–Crippen LogP) is 2.37. The Bertz CT molecular complexity index is 613. The van der Waals surface area contributed by atoms with Crippen LogP contribution in [-0.2, 0) is 13.0 Å². The van der Waals surface area contributed by atoms with Gasteiger partial charge in [0.15, 0.2) is 5.96 Å². The van der Waals surface area contributed by atoms with Crippen LogP contribution in [0, 0.1) is 0 Å². The third-order valence-electron chi connectivity index (χ3n) is 5.72. The van der Waals surface area contributed by atoms with Crippen LogP contribution in [0.15, 0.2) is 4.99 Å². The summed E-state index contributed by atoms with van der Waals surface area (Å²) in [5.41, 5.74) is 0. The Balaban J connectivity index is 0.00000261. The van der Waals surface area contributed by atoms with Crippen LogP contribution < -0.4 is 10.6 Å². The Kier molecular flexibility index (Phi) is 8.78. The van der Waals surface area contributed by atoms with Gasteiger partial charge < -0.3 is 15.2 Å². The molecule has 0 bridgehead atoms. The fraction of sp³-hybridized carbons (Fsp3) is 0.842. The number of nitrogens with zero attached hydrogens (tertiary/aromatic N) is 5. The third-order valence-corrected chi connectivity index (χ3v) is 5.72. The van der Waals surface area contributed by atoms with Gasteiger partial charge in [-0.05, 0) is 32.4 Å². The molecule has 0 aliphatic carbocycles. The Morgan fingerprint density at radius 3 is 2.78 bits per heavy atom. The van der Waals surface area contributed by atoms with Crippen LogP contribution in [0.4, 0.5) is 0 Å². The summed E-state index contributed by atoms with van der Waals surface area (Å²) in [6.07, 6.45) is 6.00. The lowest BCUT2D eigenvalue weighted by Gasteiger charge is -2.35. The number of aryl methyl sites for hydroxylation is 1. The van der Waals surface area contributed by atoms with Crippen LogP contribution in [0.25, 0.3) is 0 Å². The van der Waals surface area contributed by atoms with Crippen LogP contribution in [0.2, 0.25) is 0 Å². The average Bonchev–Trinajstić information content (AvgIpc) is 3.08. The van der Waals surface area contributed by atoms with Crippen molar-refractivity contribution < 1.29 is 0 Å². The number of fused-ring (bicyclic) bond motifs is 1. The van der Waals surface area contributed by atoms with Crippen molar-refractivity contribution in [1.29, 1.82) is 0 Å². The Labute approximate surface area is 180 Å². The van der Waals surface area contributed by atoms with Gasteiger partial charge in [0.1, 0.15) is 11.6 Å². The minimum Gasteiger partial charge on any atom is -0.355 e. The van der Waals surface area contributed by atoms with E-state index in [4.69, 9.17) is 0 Å². The van der Waals surface area contributed by atoms with Gasteiger partial charge >= 0.3 is 0 Å². The minimum atomic E-state index is 0. The summed E-state index contributed by atoms with van der Waals surface area (Å²) < 4.78 is 2.29. The Morgan fingerprint density at radius 1 is 1.26 bits per heavy atom. The first-order valence-corrected chi connectivity index (χ1v) is 10.3. The molecule has 8 heteroatoms. The maximum atomic E-state index is 4.45. The molecule has 1 fully saturated rings. The highest BCUT2D eigenvalue weighted by molar-refractivity contribution is 14.0. The van der Waals surface area contributed by atoms with E-state index in [1.165, 1.54) is 25.8 Å². The standard InChI is InChI=1S/C19H35N7.HI/c1-5-25-11-7-6-8-16(25)12-21-19(20-4)22-15-9-10-17-23-24-18(14(2)3)26(17)13-15;/h14-16H,5-13H2,1-4H3,(H2,20,21,22);1H. The molecule has 0 saturated carbocycles. The van der Waals surface area contributed by atoms with Gasteiger partial charge in [0, 0.05) is 44.6 Å². The molecule has 2 aliphatic rings. The van der Waals surface area contributed by atoms with Crippen LogP contribution in [0.1, 0.15) is 64.0 Å². The second kappa shape index (κ2) is 10.6. The lowest BCUT2D eigenvalue weighted by molar-refractivity contribution is 0.157. The number of piperidine rings is 1. The fourth-order valence-electron chi connectivity index (χ4n) is 4.20. The molecule has 27 heavy (non-hydrogen) atoms. The van der Waals surface area contributed by atoms with E-state index in [0.29, 0.717) is 18.0 Å². The number of aromatic nitrogens is 3. The van der Waals surface area contributed by atoms with Gasteiger partial charge in [-0.1, -0.05) is 27.2 Å². The zero-order chi connectivity index (χ0) is 18.5. The van der Waals surface area contributed by atoms with Gasteiger partial charge in [-0.3, -0.25) is 9.89 Å². The molecule has 154 valence electrons. The Hall–Kier alpha value is -0.900. The lowest BCUT2D eigenvalue weighted by atomic mass is 10.0. The van der Waals surface area contributed by atoms with Crippen LogP contribution in [0.5, 0.6) is 0 Å². The molecule has 7 nitrogen and oxygen atoms in total. The quantitative estimate of drug-likeness (QED) is 0.378. The molecule has 3 heterocycles. The summed E-state index contributed by atoms with van der Waals surface area (Å²) in [4.78, 5) is 7.04. The molecule has 2 atom stereocenters. The molecule has 2 aliphatic heterocycles. The number of likely N-dealkylation sites (tertiary alicyclic amines) is 1. The molecule has 1 saturated heterocycles. The highest BCUT2D eigenvalue weighted by Gasteiger charge is 2.25. The minimum absolute atomic E-state index is 0. The first-order valence-electron chi connectivity index (χ1n) is 10.3. The number of rotatable bonds is 5. The number of guanidine groups is 1. The number of hydrogen-bond acceptors (Lipinski definition) is 4. The monoisotopic (exact) mass is 489 g/mol. The summed E-state index contributed by atoms with van der Waals surface area (Å²) in [6.45, 7) is 10.9. The van der Waals surface area contributed by atoms with Crippen molar-refractivity contribution in [3.05, 3.63) is 11.6 Å². The summed E-state index contributed by atoms with van der Waals surface area (Å²) in [6, 6.07) is 0.992. The number of likely N-dealkylation sites (N-methyl/N-ethyl adjacent to an activating group) is 1. The number of hydrogen-bond donors (Lipinski definition) is 2. The van der Waals surface area contributed by atoms with Gasteiger partial charge in [-0.25, -0.2) is 0 Å². The van der Waals surface area contributed by atoms with Crippen LogP contribution in [-0.4, -0.2) is 64.4 Å². The molecule has 2 N–H and O–H groups in total. The summed E-state index contributed by atoms with van der Waals surface area (Å²) in [7, 11) is 1.86. The molecule has 1 aromatic heterocycles. The average molecular weight is 489 g/mol. The summed E-state index contributed by atoms with van der Waals surface area (Å²) in [5, 5.41) is 15.9. The fourth-order valence-corrected chi connectivity index (χ4v) is 4.20. The van der Waals surface area contributed by atoms with E-state index in [9.17, 15) is 0 Å². The Morgan fingerprint density at radius 2 is 2.07 bits per heavy atom. The van der Waals surface area contributed by atoms with Crippen molar-refractivity contribution >= 4 is 29.9 Å². The van der Waals surface area contributed by atoms with Gasteiger partial charge in [-0.15, -0.1) is 34.2 Å². The number of nitrogens with one attached hydrogen (secondary N) is 2. The number of aliphatic imine (C=N–C) groups is 1. The topological polar surface area (TPSA) is 70.4 Å². The van der Waals surface area contributed by atoms with E-state index in [1.54, 1.807) is 0 Å². The van der Waals surface area contributed by atoms with E-state index >= 15 is 0 Å². The van der Waals surface area contributed by atoms with Crippen LogP contribution >= 0.6 is 24.0 Å².